The van der Waals surface area contributed by atoms with E-state index in [4.69, 9.17) is 0 Å². The molecule has 1 amide bonds. The van der Waals surface area contributed by atoms with Gasteiger partial charge < -0.3 is 5.11 Å². The van der Waals surface area contributed by atoms with Crippen LogP contribution in [-0.4, -0.2) is 17.1 Å². The van der Waals surface area contributed by atoms with Gasteiger partial charge in [0.15, 0.2) is 0 Å². The molecule has 0 aliphatic heterocycles. The van der Waals surface area contributed by atoms with Gasteiger partial charge in [-0.05, 0) is 72.6 Å². The molecule has 0 heterocycles. The van der Waals surface area contributed by atoms with Crippen LogP contribution in [0.2, 0.25) is 0 Å². The zero-order valence-electron chi connectivity index (χ0n) is 15.7. The molecular formula is C22H24FNO3. The highest BCUT2D eigenvalue weighted by Gasteiger charge is 2.25. The van der Waals surface area contributed by atoms with E-state index in [0.717, 1.165) is 24.8 Å². The van der Waals surface area contributed by atoms with Gasteiger partial charge in [0.1, 0.15) is 6.42 Å². The van der Waals surface area contributed by atoms with Crippen LogP contribution in [0.25, 0.3) is 0 Å². The number of carbonyl (C=O) groups is 2. The topological polar surface area (TPSA) is 57.6 Å². The van der Waals surface area contributed by atoms with E-state index in [0.29, 0.717) is 22.9 Å². The van der Waals surface area contributed by atoms with Gasteiger partial charge in [0.05, 0.1) is 12.3 Å². The number of halogens is 1. The number of hydrogen-bond donors (Lipinski definition) is 1. The van der Waals surface area contributed by atoms with Crippen LogP contribution in [0.3, 0.4) is 0 Å². The SMILES string of the molecule is Cc1c(N(C(=O)CC(=O)F)c2ccc(CO)cc2)ccc2c1CC(C)CC2. The quantitative estimate of drug-likeness (QED) is 0.636. The maximum Gasteiger partial charge on any atom is 0.310 e. The Bertz CT molecular complexity index is 861. The number of aliphatic hydroxyl groups excluding tert-OH is 1. The normalized spacial score (nSPS) is 15.9. The predicted molar refractivity (Wildman–Crippen MR) is 103 cm³/mol. The first-order chi connectivity index (χ1) is 12.9. The maximum absolute atomic E-state index is 13.0. The monoisotopic (exact) mass is 369 g/mol. The minimum atomic E-state index is -1.65. The van der Waals surface area contributed by atoms with E-state index in [-0.39, 0.29) is 6.61 Å². The third kappa shape index (κ3) is 4.08. The Morgan fingerprint density at radius 2 is 1.89 bits per heavy atom. The van der Waals surface area contributed by atoms with Crippen LogP contribution >= 0.6 is 0 Å². The largest absolute Gasteiger partial charge is 0.392 e. The summed E-state index contributed by atoms with van der Waals surface area (Å²) >= 11 is 0. The summed E-state index contributed by atoms with van der Waals surface area (Å²) in [6, 6.07) is 9.09. The molecule has 0 spiro atoms. The minimum absolute atomic E-state index is 0.104. The highest BCUT2D eigenvalue weighted by molar-refractivity contribution is 6.08. The molecule has 5 heteroatoms. The Morgan fingerprint density at radius 3 is 2.52 bits per heavy atom. The molecule has 1 aliphatic carbocycles. The fourth-order valence-corrected chi connectivity index (χ4v) is 3.78. The lowest BCUT2D eigenvalue weighted by Gasteiger charge is -2.29. The summed E-state index contributed by atoms with van der Waals surface area (Å²) < 4.78 is 13.0. The number of rotatable bonds is 5. The Hall–Kier alpha value is -2.53. The second kappa shape index (κ2) is 8.01. The average Bonchev–Trinajstić information content (AvgIpc) is 2.64. The van der Waals surface area contributed by atoms with Gasteiger partial charge in [0.2, 0.25) is 5.91 Å². The summed E-state index contributed by atoms with van der Waals surface area (Å²) in [6.45, 7) is 4.09. The van der Waals surface area contributed by atoms with Crippen LogP contribution in [0.15, 0.2) is 36.4 Å². The first kappa shape index (κ1) is 19.2. The van der Waals surface area contributed by atoms with Gasteiger partial charge in [-0.2, -0.15) is 4.39 Å². The van der Waals surface area contributed by atoms with Crippen molar-refractivity contribution >= 4 is 23.3 Å². The van der Waals surface area contributed by atoms with E-state index >= 15 is 0 Å². The standard InChI is InChI=1S/C22H24FNO3/c1-14-3-6-17-7-10-20(15(2)19(17)11-14)24(22(27)12-21(23)26)18-8-4-16(13-25)5-9-18/h4-5,7-10,14,25H,3,6,11-13H2,1-2H3. The van der Waals surface area contributed by atoms with Gasteiger partial charge in [-0.25, -0.2) is 0 Å². The lowest BCUT2D eigenvalue weighted by atomic mass is 9.82. The molecule has 0 fully saturated rings. The van der Waals surface area contributed by atoms with E-state index in [2.05, 4.69) is 6.92 Å². The van der Waals surface area contributed by atoms with Crippen molar-refractivity contribution in [2.45, 2.75) is 46.1 Å². The fourth-order valence-electron chi connectivity index (χ4n) is 3.78. The number of nitrogens with zero attached hydrogens (tertiary/aromatic N) is 1. The molecule has 0 radical (unpaired) electrons. The van der Waals surface area contributed by atoms with Crippen LogP contribution in [0.1, 0.15) is 42.0 Å². The summed E-state index contributed by atoms with van der Waals surface area (Å²) in [4.78, 5) is 25.1. The van der Waals surface area contributed by atoms with Crippen LogP contribution in [0.4, 0.5) is 15.8 Å². The van der Waals surface area contributed by atoms with Crippen molar-refractivity contribution in [2.24, 2.45) is 5.92 Å². The smallest absolute Gasteiger partial charge is 0.310 e. The second-order valence-electron chi connectivity index (χ2n) is 7.28. The summed E-state index contributed by atoms with van der Waals surface area (Å²) in [7, 11) is 0. The van der Waals surface area contributed by atoms with Gasteiger partial charge in [0, 0.05) is 5.69 Å². The number of amides is 1. The molecule has 1 N–H and O–H groups in total. The van der Waals surface area contributed by atoms with Crippen molar-refractivity contribution < 1.29 is 19.1 Å². The molecular weight excluding hydrogens is 345 g/mol. The third-order valence-electron chi connectivity index (χ3n) is 5.28. The van der Waals surface area contributed by atoms with Gasteiger partial charge in [-0.3, -0.25) is 14.5 Å². The van der Waals surface area contributed by atoms with E-state index in [1.807, 2.05) is 19.1 Å². The highest BCUT2D eigenvalue weighted by atomic mass is 19.1. The van der Waals surface area contributed by atoms with Crippen molar-refractivity contribution in [3.63, 3.8) is 0 Å². The Balaban J connectivity index is 2.08. The van der Waals surface area contributed by atoms with E-state index < -0.39 is 18.4 Å². The average molecular weight is 369 g/mol. The molecule has 3 rings (SSSR count). The van der Waals surface area contributed by atoms with Crippen LogP contribution in [0.5, 0.6) is 0 Å². The molecule has 0 saturated carbocycles. The number of fused-ring (bicyclic) bond motifs is 1. The Kier molecular flexibility index (Phi) is 5.71. The number of aliphatic hydroxyl groups is 1. The zero-order valence-corrected chi connectivity index (χ0v) is 15.7. The van der Waals surface area contributed by atoms with Crippen LogP contribution in [0, 0.1) is 12.8 Å². The first-order valence-electron chi connectivity index (χ1n) is 9.23. The molecule has 27 heavy (non-hydrogen) atoms. The summed E-state index contributed by atoms with van der Waals surface area (Å²) in [5, 5.41) is 9.24. The Morgan fingerprint density at radius 1 is 1.19 bits per heavy atom. The minimum Gasteiger partial charge on any atom is -0.392 e. The lowest BCUT2D eigenvalue weighted by molar-refractivity contribution is -0.133. The fraction of sp³-hybridized carbons (Fsp3) is 0.364. The number of benzene rings is 2. The summed E-state index contributed by atoms with van der Waals surface area (Å²) in [5.41, 5.74) is 5.45. The second-order valence-corrected chi connectivity index (χ2v) is 7.28. The van der Waals surface area contributed by atoms with Gasteiger partial charge >= 0.3 is 6.04 Å². The summed E-state index contributed by atoms with van der Waals surface area (Å²) in [6.07, 6.45) is 2.31. The van der Waals surface area contributed by atoms with E-state index in [1.54, 1.807) is 24.3 Å². The van der Waals surface area contributed by atoms with Crippen LogP contribution in [-0.2, 0) is 29.0 Å². The number of carbonyl (C=O) groups excluding carboxylic acids is 2. The van der Waals surface area contributed by atoms with Crippen molar-refractivity contribution in [3.05, 3.63) is 58.7 Å². The molecule has 1 atom stereocenters. The molecule has 2 aromatic carbocycles. The van der Waals surface area contributed by atoms with E-state index in [1.165, 1.54) is 16.0 Å². The molecule has 4 nitrogen and oxygen atoms in total. The van der Waals surface area contributed by atoms with Crippen molar-refractivity contribution in [1.82, 2.24) is 0 Å². The highest BCUT2D eigenvalue weighted by Crippen LogP contribution is 2.36. The molecule has 2 aromatic rings. The van der Waals surface area contributed by atoms with Gasteiger partial charge in [-0.15, -0.1) is 0 Å². The van der Waals surface area contributed by atoms with Crippen molar-refractivity contribution in [3.8, 4) is 0 Å². The number of hydrogen-bond acceptors (Lipinski definition) is 3. The number of anilines is 2. The summed E-state index contributed by atoms with van der Waals surface area (Å²) in [5.74, 6) is -0.0296. The van der Waals surface area contributed by atoms with Gasteiger partial charge in [0.25, 0.3) is 0 Å². The van der Waals surface area contributed by atoms with Crippen LogP contribution < -0.4 is 4.90 Å². The molecule has 0 aromatic heterocycles. The molecule has 0 bridgehead atoms. The van der Waals surface area contributed by atoms with E-state index in [9.17, 15) is 19.1 Å². The predicted octanol–water partition coefficient (Wildman–Crippen LogP) is 4.16. The number of aryl methyl sites for hydroxylation is 1. The molecule has 1 aliphatic rings. The van der Waals surface area contributed by atoms with Crippen molar-refractivity contribution in [1.29, 1.82) is 0 Å². The molecule has 142 valence electrons. The third-order valence-corrected chi connectivity index (χ3v) is 5.28. The molecule has 0 saturated heterocycles. The zero-order chi connectivity index (χ0) is 19.6. The lowest BCUT2D eigenvalue weighted by Crippen LogP contribution is -2.28. The van der Waals surface area contributed by atoms with Crippen molar-refractivity contribution in [2.75, 3.05) is 4.90 Å². The molecule has 1 unspecified atom stereocenters. The van der Waals surface area contributed by atoms with Gasteiger partial charge in [-0.1, -0.05) is 25.1 Å². The Labute approximate surface area is 158 Å². The first-order valence-corrected chi connectivity index (χ1v) is 9.23. The maximum atomic E-state index is 13.0.